The molecule has 8 heteroatoms. The summed E-state index contributed by atoms with van der Waals surface area (Å²) in [5.74, 6) is 0.459. The molecule has 7 nitrogen and oxygen atoms in total. The molecule has 0 bridgehead atoms. The van der Waals surface area contributed by atoms with Gasteiger partial charge in [0.1, 0.15) is 36.9 Å². The normalized spacial score (nSPS) is 10.2. The van der Waals surface area contributed by atoms with Gasteiger partial charge in [0, 0.05) is 12.3 Å². The van der Waals surface area contributed by atoms with E-state index in [9.17, 15) is 9.59 Å². The Bertz CT molecular complexity index is 958. The molecule has 1 heterocycles. The lowest BCUT2D eigenvalue weighted by molar-refractivity contribution is -0.114. The van der Waals surface area contributed by atoms with Crippen molar-refractivity contribution < 1.29 is 23.8 Å². The molecule has 3 aromatic rings. The monoisotopic (exact) mass is 412 g/mol. The van der Waals surface area contributed by atoms with Crippen molar-refractivity contribution >= 4 is 28.3 Å². The molecule has 0 aliphatic carbocycles. The van der Waals surface area contributed by atoms with Gasteiger partial charge in [-0.1, -0.05) is 30.3 Å². The number of nitrogens with zero attached hydrogens (tertiary/aromatic N) is 1. The minimum absolute atomic E-state index is 0.000368. The Balaban J connectivity index is 1.51. The Morgan fingerprint density at radius 3 is 2.52 bits per heavy atom. The maximum Gasteiger partial charge on any atom is 0.342 e. The number of benzene rings is 2. The summed E-state index contributed by atoms with van der Waals surface area (Å²) in [4.78, 5) is 27.7. The number of thiazole rings is 1. The van der Waals surface area contributed by atoms with Gasteiger partial charge in [-0.2, -0.15) is 0 Å². The first-order chi connectivity index (χ1) is 14.1. The molecule has 0 atom stereocenters. The van der Waals surface area contributed by atoms with Gasteiger partial charge in [0.05, 0.1) is 5.69 Å². The van der Waals surface area contributed by atoms with E-state index in [0.717, 1.165) is 5.75 Å². The van der Waals surface area contributed by atoms with Crippen LogP contribution in [0.15, 0.2) is 60.0 Å². The molecule has 2 aromatic carbocycles. The molecule has 3 rings (SSSR count). The number of para-hydroxylation sites is 2. The Morgan fingerprint density at radius 1 is 1.00 bits per heavy atom. The third-order valence-corrected chi connectivity index (χ3v) is 4.45. The highest BCUT2D eigenvalue weighted by molar-refractivity contribution is 7.13. The number of amides is 1. The fourth-order valence-corrected chi connectivity index (χ4v) is 3.13. The zero-order valence-electron chi connectivity index (χ0n) is 15.8. The van der Waals surface area contributed by atoms with Crippen LogP contribution < -0.4 is 14.8 Å². The van der Waals surface area contributed by atoms with Gasteiger partial charge in [0.2, 0.25) is 5.91 Å². The van der Waals surface area contributed by atoms with Crippen molar-refractivity contribution in [3.63, 3.8) is 0 Å². The standard InChI is InChI=1S/C21H20N2O5S/c1-15(24)22-21-23-16(14-29-21)13-28-20(25)18-9-5-6-10-19(18)27-12-11-26-17-7-3-2-4-8-17/h2-10,14H,11-13H2,1H3,(H,22,23,24). The SMILES string of the molecule is CC(=O)Nc1nc(COC(=O)c2ccccc2OCCOc2ccccc2)cs1. The summed E-state index contributed by atoms with van der Waals surface area (Å²) >= 11 is 1.27. The van der Waals surface area contributed by atoms with E-state index < -0.39 is 5.97 Å². The van der Waals surface area contributed by atoms with Crippen molar-refractivity contribution in [1.82, 2.24) is 4.98 Å². The number of carbonyl (C=O) groups excluding carboxylic acids is 2. The van der Waals surface area contributed by atoms with Crippen molar-refractivity contribution in [1.29, 1.82) is 0 Å². The molecule has 0 saturated carbocycles. The average molecular weight is 412 g/mol. The predicted octanol–water partition coefficient (Wildman–Crippen LogP) is 3.92. The Kier molecular flexibility index (Phi) is 7.18. The summed E-state index contributed by atoms with van der Waals surface area (Å²) in [7, 11) is 0. The molecule has 1 aromatic heterocycles. The van der Waals surface area contributed by atoms with E-state index in [-0.39, 0.29) is 19.1 Å². The van der Waals surface area contributed by atoms with E-state index in [4.69, 9.17) is 14.2 Å². The number of hydrogen-bond acceptors (Lipinski definition) is 7. The number of nitrogens with one attached hydrogen (secondary N) is 1. The largest absolute Gasteiger partial charge is 0.490 e. The zero-order valence-corrected chi connectivity index (χ0v) is 16.6. The number of esters is 1. The Morgan fingerprint density at radius 2 is 1.72 bits per heavy atom. The highest BCUT2D eigenvalue weighted by atomic mass is 32.1. The highest BCUT2D eigenvalue weighted by Gasteiger charge is 2.15. The molecule has 0 unspecified atom stereocenters. The Labute approximate surface area is 172 Å². The maximum atomic E-state index is 12.4. The van der Waals surface area contributed by atoms with Crippen LogP contribution >= 0.6 is 11.3 Å². The molecule has 1 amide bonds. The first kappa shape index (κ1) is 20.3. The molecule has 0 radical (unpaired) electrons. The number of hydrogen-bond donors (Lipinski definition) is 1. The van der Waals surface area contributed by atoms with Crippen LogP contribution in [-0.4, -0.2) is 30.1 Å². The molecular weight excluding hydrogens is 392 g/mol. The van der Waals surface area contributed by atoms with E-state index in [2.05, 4.69) is 10.3 Å². The van der Waals surface area contributed by atoms with Crippen LogP contribution in [-0.2, 0) is 16.1 Å². The van der Waals surface area contributed by atoms with E-state index in [1.165, 1.54) is 18.3 Å². The van der Waals surface area contributed by atoms with Gasteiger partial charge >= 0.3 is 5.97 Å². The second-order valence-corrected chi connectivity index (χ2v) is 6.77. The summed E-state index contributed by atoms with van der Waals surface area (Å²) in [5.41, 5.74) is 0.881. The van der Waals surface area contributed by atoms with Crippen LogP contribution in [0.3, 0.4) is 0 Å². The van der Waals surface area contributed by atoms with Crippen molar-refractivity contribution in [3.05, 3.63) is 71.2 Å². The number of aromatic nitrogens is 1. The van der Waals surface area contributed by atoms with Gasteiger partial charge in [0.25, 0.3) is 0 Å². The topological polar surface area (TPSA) is 86.8 Å². The number of ether oxygens (including phenoxy) is 3. The van der Waals surface area contributed by atoms with Crippen LogP contribution in [0.4, 0.5) is 5.13 Å². The van der Waals surface area contributed by atoms with Gasteiger partial charge in [-0.3, -0.25) is 4.79 Å². The molecule has 29 heavy (non-hydrogen) atoms. The minimum Gasteiger partial charge on any atom is -0.490 e. The fourth-order valence-electron chi connectivity index (χ4n) is 2.39. The molecule has 0 fully saturated rings. The van der Waals surface area contributed by atoms with E-state index in [1.54, 1.807) is 29.6 Å². The third kappa shape index (κ3) is 6.32. The van der Waals surface area contributed by atoms with E-state index in [1.807, 2.05) is 30.3 Å². The second kappa shape index (κ2) is 10.2. The smallest absolute Gasteiger partial charge is 0.342 e. The quantitative estimate of drug-likeness (QED) is 0.423. The lowest BCUT2D eigenvalue weighted by Crippen LogP contribution is -2.12. The fraction of sp³-hybridized carbons (Fsp3) is 0.190. The van der Waals surface area contributed by atoms with Gasteiger partial charge in [-0.05, 0) is 24.3 Å². The van der Waals surface area contributed by atoms with Crippen molar-refractivity contribution in [2.75, 3.05) is 18.5 Å². The van der Waals surface area contributed by atoms with Crippen LogP contribution in [0.5, 0.6) is 11.5 Å². The van der Waals surface area contributed by atoms with Gasteiger partial charge < -0.3 is 19.5 Å². The molecule has 1 N–H and O–H groups in total. The summed E-state index contributed by atoms with van der Waals surface area (Å²) in [6.45, 7) is 2.03. The molecule has 0 aliphatic heterocycles. The van der Waals surface area contributed by atoms with E-state index >= 15 is 0 Å². The lowest BCUT2D eigenvalue weighted by atomic mass is 10.2. The molecule has 0 saturated heterocycles. The van der Waals surface area contributed by atoms with Crippen molar-refractivity contribution in [2.24, 2.45) is 0 Å². The van der Waals surface area contributed by atoms with E-state index in [0.29, 0.717) is 28.7 Å². The lowest BCUT2D eigenvalue weighted by Gasteiger charge is -2.11. The minimum atomic E-state index is -0.515. The molecular formula is C21H20N2O5S. The van der Waals surface area contributed by atoms with Crippen molar-refractivity contribution in [3.8, 4) is 11.5 Å². The van der Waals surface area contributed by atoms with Crippen molar-refractivity contribution in [2.45, 2.75) is 13.5 Å². The third-order valence-electron chi connectivity index (χ3n) is 3.65. The zero-order chi connectivity index (χ0) is 20.5. The molecule has 0 aliphatic rings. The summed E-state index contributed by atoms with van der Waals surface area (Å²) in [6.07, 6.45) is 0. The van der Waals surface area contributed by atoms with Crippen LogP contribution in [0, 0.1) is 0 Å². The summed E-state index contributed by atoms with van der Waals surface area (Å²) < 4.78 is 16.6. The van der Waals surface area contributed by atoms with Gasteiger partial charge in [-0.15, -0.1) is 11.3 Å². The number of anilines is 1. The summed E-state index contributed by atoms with van der Waals surface area (Å²) in [6, 6.07) is 16.3. The predicted molar refractivity (Wildman–Crippen MR) is 109 cm³/mol. The molecule has 0 spiro atoms. The first-order valence-corrected chi connectivity index (χ1v) is 9.78. The van der Waals surface area contributed by atoms with Crippen LogP contribution in [0.2, 0.25) is 0 Å². The second-order valence-electron chi connectivity index (χ2n) is 5.91. The molecule has 150 valence electrons. The van der Waals surface area contributed by atoms with Gasteiger partial charge in [0.15, 0.2) is 5.13 Å². The number of carbonyl (C=O) groups is 2. The maximum absolute atomic E-state index is 12.4. The number of rotatable bonds is 9. The van der Waals surface area contributed by atoms with Crippen LogP contribution in [0.1, 0.15) is 23.0 Å². The Hall–Kier alpha value is -3.39. The average Bonchev–Trinajstić information content (AvgIpc) is 3.17. The van der Waals surface area contributed by atoms with Gasteiger partial charge in [-0.25, -0.2) is 9.78 Å². The first-order valence-electron chi connectivity index (χ1n) is 8.90. The summed E-state index contributed by atoms with van der Waals surface area (Å²) in [5, 5.41) is 4.78. The van der Waals surface area contributed by atoms with Crippen LogP contribution in [0.25, 0.3) is 0 Å². The highest BCUT2D eigenvalue weighted by Crippen LogP contribution is 2.21.